The summed E-state index contributed by atoms with van der Waals surface area (Å²) < 4.78 is 27.3. The largest absolute Gasteiger partial charge is 0.345 e. The first-order chi connectivity index (χ1) is 5.12. The molecule has 0 aromatic carbocycles. The Hall–Kier alpha value is 0.130. The van der Waals surface area contributed by atoms with Crippen molar-refractivity contribution < 1.29 is 13.5 Å². The summed E-state index contributed by atoms with van der Waals surface area (Å²) in [5.41, 5.74) is 5.22. The van der Waals surface area contributed by atoms with Crippen LogP contribution in [-0.4, -0.2) is 30.3 Å². The average Bonchev–Trinajstić information content (AvgIpc) is 2.33. The van der Waals surface area contributed by atoms with Gasteiger partial charge in [-0.25, -0.2) is 0 Å². The van der Waals surface area contributed by atoms with Crippen LogP contribution >= 0.6 is 11.8 Å². The van der Waals surface area contributed by atoms with E-state index in [0.29, 0.717) is 0 Å². The summed E-state index contributed by atoms with van der Waals surface area (Å²) in [6.45, 7) is -2.72. The molecule has 0 aliphatic carbocycles. The molecule has 1 saturated heterocycles. The van der Waals surface area contributed by atoms with Crippen molar-refractivity contribution in [2.75, 3.05) is 18.1 Å². The van der Waals surface area contributed by atoms with Gasteiger partial charge in [-0.3, -0.25) is 0 Å². The van der Waals surface area contributed by atoms with E-state index in [0.717, 1.165) is 17.9 Å². The molecule has 0 amide bonds. The van der Waals surface area contributed by atoms with Crippen molar-refractivity contribution >= 4 is 11.8 Å². The smallest absolute Gasteiger partial charge is 0.322 e. The van der Waals surface area contributed by atoms with Gasteiger partial charge in [-0.05, 0) is 12.2 Å². The molecule has 1 aliphatic heterocycles. The van der Waals surface area contributed by atoms with Crippen molar-refractivity contribution in [2.45, 2.75) is 18.6 Å². The molecule has 5 heteroatoms. The van der Waals surface area contributed by atoms with Crippen LogP contribution in [0.4, 0.5) is 8.78 Å². The van der Waals surface area contributed by atoms with E-state index < -0.39 is 12.2 Å². The number of alkyl halides is 2. The van der Waals surface area contributed by atoms with Crippen LogP contribution in [0.3, 0.4) is 0 Å². The van der Waals surface area contributed by atoms with E-state index in [9.17, 15) is 8.78 Å². The van der Waals surface area contributed by atoms with Crippen LogP contribution in [0.5, 0.6) is 0 Å². The third kappa shape index (κ3) is 2.92. The van der Waals surface area contributed by atoms with Crippen molar-refractivity contribution in [1.29, 1.82) is 0 Å². The second-order valence-electron chi connectivity index (χ2n) is 2.74. The fourth-order valence-electron chi connectivity index (χ4n) is 0.966. The molecular formula is C6H11F2NOS. The lowest BCUT2D eigenvalue weighted by Crippen LogP contribution is -2.44. The van der Waals surface area contributed by atoms with Gasteiger partial charge in [-0.2, -0.15) is 20.5 Å². The molecule has 1 unspecified atom stereocenters. The Balaban J connectivity index is 2.23. The molecule has 1 fully saturated rings. The first-order valence-corrected chi connectivity index (χ1v) is 4.54. The van der Waals surface area contributed by atoms with E-state index in [1.165, 1.54) is 0 Å². The van der Waals surface area contributed by atoms with Crippen LogP contribution in [0, 0.1) is 0 Å². The molecule has 0 aromatic heterocycles. The van der Waals surface area contributed by atoms with Crippen molar-refractivity contribution in [3.63, 3.8) is 0 Å². The molecule has 1 rings (SSSR count). The predicted octanol–water partition coefficient (Wildman–Crippen LogP) is 1.06. The Kier molecular flexibility index (Phi) is 3.09. The maximum absolute atomic E-state index is 11.6. The summed E-state index contributed by atoms with van der Waals surface area (Å²) in [4.78, 5) is 0. The molecule has 11 heavy (non-hydrogen) atoms. The molecule has 0 saturated carbocycles. The van der Waals surface area contributed by atoms with Crippen molar-refractivity contribution in [1.82, 2.24) is 0 Å². The molecule has 0 spiro atoms. The fourth-order valence-corrected chi connectivity index (χ4v) is 2.30. The maximum atomic E-state index is 11.6. The summed E-state index contributed by atoms with van der Waals surface area (Å²) >= 11 is 1.68. The van der Waals surface area contributed by atoms with E-state index in [-0.39, 0.29) is 6.61 Å². The van der Waals surface area contributed by atoms with Crippen LogP contribution in [-0.2, 0) is 4.74 Å². The lowest BCUT2D eigenvalue weighted by Gasteiger charge is -2.21. The van der Waals surface area contributed by atoms with Gasteiger partial charge in [0.2, 0.25) is 0 Å². The van der Waals surface area contributed by atoms with Gasteiger partial charge in [0.05, 0.1) is 6.61 Å². The highest BCUT2D eigenvalue weighted by Crippen LogP contribution is 2.26. The molecule has 0 aromatic rings. The summed E-state index contributed by atoms with van der Waals surface area (Å²) in [6, 6.07) is 0. The summed E-state index contributed by atoms with van der Waals surface area (Å²) in [5.74, 6) is 1.67. The molecular weight excluding hydrogens is 172 g/mol. The normalized spacial score (nSPS) is 31.6. The minimum Gasteiger partial charge on any atom is -0.322 e. The number of hydrogen-bond donors (Lipinski definition) is 1. The molecule has 2 nitrogen and oxygen atoms in total. The Labute approximate surface area is 68.5 Å². The van der Waals surface area contributed by atoms with Gasteiger partial charge in [0.25, 0.3) is 0 Å². The topological polar surface area (TPSA) is 35.2 Å². The monoisotopic (exact) mass is 183 g/mol. The standard InChI is InChI=1S/C6H11F2NOS/c7-5(8)10-3-6(9)1-2-11-4-6/h5H,1-4,9H2. The Morgan fingerprint density at radius 3 is 2.82 bits per heavy atom. The number of thioether (sulfide) groups is 1. The second-order valence-corrected chi connectivity index (χ2v) is 3.84. The van der Waals surface area contributed by atoms with Crippen molar-refractivity contribution in [3.8, 4) is 0 Å². The number of nitrogens with two attached hydrogens (primary N) is 1. The first kappa shape index (κ1) is 9.22. The zero-order chi connectivity index (χ0) is 8.32. The minimum atomic E-state index is -2.69. The average molecular weight is 183 g/mol. The number of ether oxygens (including phenoxy) is 1. The van der Waals surface area contributed by atoms with E-state index in [2.05, 4.69) is 4.74 Å². The second kappa shape index (κ2) is 3.69. The number of rotatable bonds is 3. The van der Waals surface area contributed by atoms with Crippen LogP contribution in [0.15, 0.2) is 0 Å². The molecule has 1 heterocycles. The van der Waals surface area contributed by atoms with Crippen molar-refractivity contribution in [3.05, 3.63) is 0 Å². The van der Waals surface area contributed by atoms with E-state index in [4.69, 9.17) is 5.73 Å². The SMILES string of the molecule is NC1(COC(F)F)CCSC1. The highest BCUT2D eigenvalue weighted by molar-refractivity contribution is 7.99. The summed E-state index contributed by atoms with van der Waals surface area (Å²) in [6.07, 6.45) is 0.768. The molecule has 0 bridgehead atoms. The summed E-state index contributed by atoms with van der Waals surface area (Å²) in [5, 5.41) is 0. The Morgan fingerprint density at radius 2 is 2.36 bits per heavy atom. The van der Waals surface area contributed by atoms with Gasteiger partial charge >= 0.3 is 6.61 Å². The van der Waals surface area contributed by atoms with Gasteiger partial charge in [0.1, 0.15) is 0 Å². The van der Waals surface area contributed by atoms with Gasteiger partial charge in [0, 0.05) is 11.3 Å². The van der Waals surface area contributed by atoms with E-state index in [1.807, 2.05) is 0 Å². The Morgan fingerprint density at radius 1 is 1.64 bits per heavy atom. The van der Waals surface area contributed by atoms with E-state index >= 15 is 0 Å². The van der Waals surface area contributed by atoms with Crippen LogP contribution in [0.25, 0.3) is 0 Å². The number of halogens is 2. The van der Waals surface area contributed by atoms with Crippen molar-refractivity contribution in [2.24, 2.45) is 5.73 Å². The maximum Gasteiger partial charge on any atom is 0.345 e. The third-order valence-electron chi connectivity index (χ3n) is 1.63. The van der Waals surface area contributed by atoms with Crippen LogP contribution in [0.2, 0.25) is 0 Å². The zero-order valence-electron chi connectivity index (χ0n) is 6.06. The first-order valence-electron chi connectivity index (χ1n) is 3.39. The Bertz CT molecular complexity index is 128. The van der Waals surface area contributed by atoms with Gasteiger partial charge < -0.3 is 10.5 Å². The zero-order valence-corrected chi connectivity index (χ0v) is 6.87. The fraction of sp³-hybridized carbons (Fsp3) is 1.00. The molecule has 2 N–H and O–H groups in total. The number of hydrogen-bond acceptors (Lipinski definition) is 3. The molecule has 1 aliphatic rings. The summed E-state index contributed by atoms with van der Waals surface area (Å²) in [7, 11) is 0. The van der Waals surface area contributed by atoms with Crippen LogP contribution in [0.1, 0.15) is 6.42 Å². The third-order valence-corrected chi connectivity index (χ3v) is 2.90. The van der Waals surface area contributed by atoms with Gasteiger partial charge in [-0.15, -0.1) is 0 Å². The lowest BCUT2D eigenvalue weighted by atomic mass is 10.0. The molecule has 0 radical (unpaired) electrons. The van der Waals surface area contributed by atoms with Gasteiger partial charge in [0.15, 0.2) is 0 Å². The quantitative estimate of drug-likeness (QED) is 0.710. The van der Waals surface area contributed by atoms with Gasteiger partial charge in [-0.1, -0.05) is 0 Å². The molecule has 66 valence electrons. The van der Waals surface area contributed by atoms with E-state index in [1.54, 1.807) is 11.8 Å². The molecule has 1 atom stereocenters. The minimum absolute atomic E-state index is 0.0301. The highest BCUT2D eigenvalue weighted by Gasteiger charge is 2.31. The van der Waals surface area contributed by atoms with Crippen LogP contribution < -0.4 is 5.73 Å². The highest BCUT2D eigenvalue weighted by atomic mass is 32.2. The predicted molar refractivity (Wildman–Crippen MR) is 40.8 cm³/mol. The lowest BCUT2D eigenvalue weighted by molar-refractivity contribution is -0.139.